The molecule has 0 aliphatic heterocycles. The Labute approximate surface area is 59.2 Å². The fourth-order valence-corrected chi connectivity index (χ4v) is 0.577. The highest BCUT2D eigenvalue weighted by atomic mass is 19.3. The van der Waals surface area contributed by atoms with Crippen molar-refractivity contribution in [2.75, 3.05) is 0 Å². The van der Waals surface area contributed by atoms with E-state index in [0.717, 1.165) is 0 Å². The van der Waals surface area contributed by atoms with Crippen LogP contribution < -0.4 is 0 Å². The Morgan fingerprint density at radius 3 is 2.09 bits per heavy atom. The summed E-state index contributed by atoms with van der Waals surface area (Å²) in [7, 11) is 0. The van der Waals surface area contributed by atoms with E-state index in [9.17, 15) is 17.6 Å². The zero-order valence-electron chi connectivity index (χ0n) is 5.19. The third kappa shape index (κ3) is 1.69. The van der Waals surface area contributed by atoms with Crippen LogP contribution in [0.1, 0.15) is 24.2 Å². The molecule has 0 amide bonds. The van der Waals surface area contributed by atoms with Crippen molar-refractivity contribution in [3.63, 3.8) is 0 Å². The fraction of sp³-hybridized carbons (Fsp3) is 0.400. The van der Waals surface area contributed by atoms with Crippen molar-refractivity contribution in [1.29, 1.82) is 0 Å². The summed E-state index contributed by atoms with van der Waals surface area (Å²) in [6.07, 6.45) is -5.59. The monoisotopic (exact) mass is 168 g/mol. The summed E-state index contributed by atoms with van der Waals surface area (Å²) in [5.41, 5.74) is -1.24. The van der Waals surface area contributed by atoms with Gasteiger partial charge in [-0.25, -0.2) is 17.6 Å². The third-order valence-corrected chi connectivity index (χ3v) is 1.08. The molecule has 0 unspecified atom stereocenters. The van der Waals surface area contributed by atoms with Crippen LogP contribution in [-0.2, 0) is 0 Å². The van der Waals surface area contributed by atoms with Crippen molar-refractivity contribution in [1.82, 2.24) is 10.2 Å². The van der Waals surface area contributed by atoms with Gasteiger partial charge in [-0.3, -0.25) is 5.10 Å². The zero-order valence-corrected chi connectivity index (χ0v) is 5.19. The number of H-pyrrole nitrogens is 1. The van der Waals surface area contributed by atoms with E-state index in [2.05, 4.69) is 5.10 Å². The predicted octanol–water partition coefficient (Wildman–Crippen LogP) is 2.28. The van der Waals surface area contributed by atoms with Crippen LogP contribution in [0.4, 0.5) is 17.6 Å². The molecule has 1 rings (SSSR count). The maximum Gasteiger partial charge on any atom is 0.282 e. The van der Waals surface area contributed by atoms with E-state index in [1.54, 1.807) is 5.10 Å². The molecule has 6 heteroatoms. The van der Waals surface area contributed by atoms with Gasteiger partial charge >= 0.3 is 0 Å². The fourth-order valence-electron chi connectivity index (χ4n) is 0.577. The van der Waals surface area contributed by atoms with Gasteiger partial charge in [0.1, 0.15) is 11.4 Å². The molecule has 0 radical (unpaired) electrons. The minimum Gasteiger partial charge on any atom is -0.276 e. The van der Waals surface area contributed by atoms with E-state index in [1.165, 1.54) is 0 Å². The highest BCUT2D eigenvalue weighted by Crippen LogP contribution is 2.21. The lowest BCUT2D eigenvalue weighted by Gasteiger charge is -1.89. The lowest BCUT2D eigenvalue weighted by Crippen LogP contribution is -1.81. The molecule has 2 nitrogen and oxygen atoms in total. The number of nitrogens with one attached hydrogen (secondary N) is 1. The van der Waals surface area contributed by atoms with E-state index in [4.69, 9.17) is 0 Å². The number of rotatable bonds is 2. The maximum absolute atomic E-state index is 11.7. The van der Waals surface area contributed by atoms with E-state index in [-0.39, 0.29) is 0 Å². The van der Waals surface area contributed by atoms with Gasteiger partial charge in [0, 0.05) is 0 Å². The van der Waals surface area contributed by atoms with E-state index < -0.39 is 24.2 Å². The third-order valence-electron chi connectivity index (χ3n) is 1.08. The van der Waals surface area contributed by atoms with Gasteiger partial charge in [0.2, 0.25) is 0 Å². The molecule has 1 aromatic rings. The van der Waals surface area contributed by atoms with Crippen LogP contribution >= 0.6 is 0 Å². The first-order valence-electron chi connectivity index (χ1n) is 2.72. The zero-order chi connectivity index (χ0) is 8.43. The Bertz CT molecular complexity index is 210. The maximum atomic E-state index is 11.7. The molecule has 0 aliphatic carbocycles. The molecule has 11 heavy (non-hydrogen) atoms. The average Bonchev–Trinajstić information content (AvgIpc) is 2.33. The number of hydrogen-bond donors (Lipinski definition) is 1. The van der Waals surface area contributed by atoms with Gasteiger partial charge in [-0.1, -0.05) is 0 Å². The van der Waals surface area contributed by atoms with E-state index in [1.807, 2.05) is 0 Å². The Kier molecular flexibility index (Phi) is 2.11. The smallest absolute Gasteiger partial charge is 0.276 e. The number of aromatic amines is 1. The van der Waals surface area contributed by atoms with Gasteiger partial charge in [0.25, 0.3) is 12.9 Å². The molecular formula is C5H4F4N2. The van der Waals surface area contributed by atoms with Gasteiger partial charge in [0.05, 0.1) is 0 Å². The van der Waals surface area contributed by atoms with Crippen LogP contribution in [0, 0.1) is 0 Å². The normalized spacial score (nSPS) is 11.5. The SMILES string of the molecule is FC(F)c1cc(C(F)F)[nH]n1. The first kappa shape index (κ1) is 8.03. The molecular weight excluding hydrogens is 164 g/mol. The van der Waals surface area contributed by atoms with Crippen LogP contribution in [0.3, 0.4) is 0 Å². The van der Waals surface area contributed by atoms with Crippen LogP contribution in [0.5, 0.6) is 0 Å². The molecule has 1 N–H and O–H groups in total. The molecule has 1 aromatic heterocycles. The summed E-state index contributed by atoms with van der Waals surface area (Å²) >= 11 is 0. The Balaban J connectivity index is 2.82. The van der Waals surface area contributed by atoms with Crippen molar-refractivity contribution in [3.8, 4) is 0 Å². The van der Waals surface area contributed by atoms with Crippen molar-refractivity contribution >= 4 is 0 Å². The Morgan fingerprint density at radius 2 is 1.82 bits per heavy atom. The molecule has 0 spiro atoms. The Hall–Kier alpha value is -1.07. The lowest BCUT2D eigenvalue weighted by atomic mass is 10.4. The minimum absolute atomic E-state index is 0.583. The number of alkyl halides is 4. The lowest BCUT2D eigenvalue weighted by molar-refractivity contribution is 0.144. The van der Waals surface area contributed by atoms with Crippen LogP contribution in [0.15, 0.2) is 6.07 Å². The van der Waals surface area contributed by atoms with Gasteiger partial charge in [0.15, 0.2) is 0 Å². The summed E-state index contributed by atoms with van der Waals surface area (Å²) in [5, 5.41) is 4.79. The molecule has 0 aromatic carbocycles. The van der Waals surface area contributed by atoms with Gasteiger partial charge in [-0.2, -0.15) is 5.10 Å². The number of hydrogen-bond acceptors (Lipinski definition) is 1. The summed E-state index contributed by atoms with van der Waals surface area (Å²) in [5.74, 6) is 0. The van der Waals surface area contributed by atoms with Crippen molar-refractivity contribution < 1.29 is 17.6 Å². The summed E-state index contributed by atoms with van der Waals surface area (Å²) in [6.45, 7) is 0. The van der Waals surface area contributed by atoms with Crippen molar-refractivity contribution in [2.24, 2.45) is 0 Å². The Morgan fingerprint density at radius 1 is 1.18 bits per heavy atom. The number of aromatic nitrogens is 2. The van der Waals surface area contributed by atoms with Gasteiger partial charge in [-0.15, -0.1) is 0 Å². The second-order valence-corrected chi connectivity index (χ2v) is 1.85. The molecule has 0 saturated carbocycles. The quantitative estimate of drug-likeness (QED) is 0.674. The first-order chi connectivity index (χ1) is 5.11. The van der Waals surface area contributed by atoms with Crippen molar-refractivity contribution in [2.45, 2.75) is 12.9 Å². The van der Waals surface area contributed by atoms with E-state index in [0.29, 0.717) is 6.07 Å². The molecule has 0 atom stereocenters. The highest BCUT2D eigenvalue weighted by Gasteiger charge is 2.15. The van der Waals surface area contributed by atoms with Crippen molar-refractivity contribution in [3.05, 3.63) is 17.5 Å². The summed E-state index contributed by atoms with van der Waals surface area (Å²) in [4.78, 5) is 0. The average molecular weight is 168 g/mol. The molecule has 0 saturated heterocycles. The molecule has 62 valence electrons. The number of nitrogens with zero attached hydrogens (tertiary/aromatic N) is 1. The van der Waals surface area contributed by atoms with Crippen LogP contribution in [-0.4, -0.2) is 10.2 Å². The van der Waals surface area contributed by atoms with Crippen LogP contribution in [0.2, 0.25) is 0 Å². The molecule has 0 fully saturated rings. The standard InChI is InChI=1S/C5H4F4N2/c6-4(7)2-1-3(5(8)9)11-10-2/h1,4-5H,(H,10,11). The summed E-state index contributed by atoms with van der Waals surface area (Å²) in [6, 6.07) is 0.648. The molecule has 0 bridgehead atoms. The van der Waals surface area contributed by atoms with Crippen LogP contribution in [0.25, 0.3) is 0 Å². The minimum atomic E-state index is -2.81. The largest absolute Gasteiger partial charge is 0.282 e. The van der Waals surface area contributed by atoms with Gasteiger partial charge < -0.3 is 0 Å². The predicted molar refractivity (Wildman–Crippen MR) is 28.5 cm³/mol. The van der Waals surface area contributed by atoms with Gasteiger partial charge in [-0.05, 0) is 6.07 Å². The molecule has 0 aliphatic rings. The summed E-state index contributed by atoms with van der Waals surface area (Å²) < 4.78 is 46.9. The second kappa shape index (κ2) is 2.89. The topological polar surface area (TPSA) is 28.7 Å². The second-order valence-electron chi connectivity index (χ2n) is 1.85. The molecule has 1 heterocycles. The highest BCUT2D eigenvalue weighted by molar-refractivity contribution is 5.10. The van der Waals surface area contributed by atoms with E-state index >= 15 is 0 Å². The number of halogens is 4. The first-order valence-corrected chi connectivity index (χ1v) is 2.72.